The lowest BCUT2D eigenvalue weighted by Crippen LogP contribution is -2.56. The number of rotatable bonds is 5. The van der Waals surface area contributed by atoms with E-state index in [1.165, 1.54) is 0 Å². The number of hydrogen-bond donors (Lipinski definition) is 3. The second-order valence-electron chi connectivity index (χ2n) is 4.87. The maximum atomic E-state index is 10.9. The van der Waals surface area contributed by atoms with Crippen molar-refractivity contribution >= 4 is 18.5 Å². The van der Waals surface area contributed by atoms with Crippen LogP contribution < -0.4 is 5.32 Å². The zero-order chi connectivity index (χ0) is 12.9. The highest BCUT2D eigenvalue weighted by atomic mass is 32.1. The van der Waals surface area contributed by atoms with E-state index < -0.39 is 6.61 Å². The van der Waals surface area contributed by atoms with E-state index in [9.17, 15) is 4.79 Å². The molecule has 1 amide bonds. The highest BCUT2D eigenvalue weighted by Gasteiger charge is 2.30. The van der Waals surface area contributed by atoms with Gasteiger partial charge in [0.1, 0.15) is 6.61 Å². The number of carbonyl (C=O) groups is 1. The van der Waals surface area contributed by atoms with Crippen LogP contribution in [0, 0.1) is 0 Å². The molecule has 17 heavy (non-hydrogen) atoms. The van der Waals surface area contributed by atoms with Crippen LogP contribution in [0.15, 0.2) is 0 Å². The van der Waals surface area contributed by atoms with Crippen LogP contribution in [0.3, 0.4) is 0 Å². The average molecular weight is 262 g/mol. The first kappa shape index (κ1) is 14.8. The quantitative estimate of drug-likeness (QED) is 0.585. The molecule has 1 heterocycles. The van der Waals surface area contributed by atoms with E-state index in [1.807, 2.05) is 0 Å². The highest BCUT2D eigenvalue weighted by Crippen LogP contribution is 2.19. The Balaban J connectivity index is 2.41. The van der Waals surface area contributed by atoms with Crippen molar-refractivity contribution in [3.8, 4) is 0 Å². The lowest BCUT2D eigenvalue weighted by atomic mass is 10.0. The van der Waals surface area contributed by atoms with Gasteiger partial charge in [-0.25, -0.2) is 0 Å². The molecule has 0 saturated carbocycles. The minimum Gasteiger partial charge on any atom is -0.387 e. The standard InChI is InChI=1S/C11H22N2O3S/c1-11(2,8-17)13-3-4-16-9(6-13)5-12-10(15)7-14/h9,14,17H,3-8H2,1-2H3,(H,12,15). The van der Waals surface area contributed by atoms with Gasteiger partial charge in [-0.1, -0.05) is 0 Å². The van der Waals surface area contributed by atoms with Gasteiger partial charge in [0.25, 0.3) is 0 Å². The molecule has 100 valence electrons. The van der Waals surface area contributed by atoms with E-state index in [4.69, 9.17) is 9.84 Å². The maximum absolute atomic E-state index is 10.9. The van der Waals surface area contributed by atoms with Crippen molar-refractivity contribution in [3.63, 3.8) is 0 Å². The van der Waals surface area contributed by atoms with Crippen LogP contribution in [-0.2, 0) is 9.53 Å². The third-order valence-electron chi connectivity index (χ3n) is 3.05. The summed E-state index contributed by atoms with van der Waals surface area (Å²) in [5.41, 5.74) is 0.0339. The lowest BCUT2D eigenvalue weighted by molar-refractivity contribution is -0.125. The number of thiol groups is 1. The van der Waals surface area contributed by atoms with Gasteiger partial charge in [-0.05, 0) is 13.8 Å². The summed E-state index contributed by atoms with van der Waals surface area (Å²) in [5.74, 6) is 0.419. The van der Waals surface area contributed by atoms with Crippen LogP contribution >= 0.6 is 12.6 Å². The molecule has 2 N–H and O–H groups in total. The van der Waals surface area contributed by atoms with Gasteiger partial charge in [-0.3, -0.25) is 9.69 Å². The molecule has 1 aliphatic rings. The van der Waals surface area contributed by atoms with Gasteiger partial charge in [-0.2, -0.15) is 12.6 Å². The smallest absolute Gasteiger partial charge is 0.245 e. The Labute approximate surface area is 108 Å². The third-order valence-corrected chi connectivity index (χ3v) is 3.83. The minimum absolute atomic E-state index is 0.0154. The molecular formula is C11H22N2O3S. The summed E-state index contributed by atoms with van der Waals surface area (Å²) in [4.78, 5) is 13.3. The summed E-state index contributed by atoms with van der Waals surface area (Å²) >= 11 is 4.36. The summed E-state index contributed by atoms with van der Waals surface area (Å²) in [5, 5.41) is 11.2. The SMILES string of the molecule is CC(C)(CS)N1CCOC(CNC(=O)CO)C1. The Hall–Kier alpha value is -0.300. The number of aliphatic hydroxyl groups is 1. The molecule has 0 bridgehead atoms. The number of nitrogens with one attached hydrogen (secondary N) is 1. The van der Waals surface area contributed by atoms with E-state index in [-0.39, 0.29) is 17.6 Å². The van der Waals surface area contributed by atoms with Crippen LogP contribution in [-0.4, -0.2) is 66.2 Å². The first-order valence-corrected chi connectivity index (χ1v) is 6.48. The van der Waals surface area contributed by atoms with Crippen molar-refractivity contribution < 1.29 is 14.6 Å². The fraction of sp³-hybridized carbons (Fsp3) is 0.909. The fourth-order valence-electron chi connectivity index (χ4n) is 1.78. The molecule has 0 radical (unpaired) electrons. The molecule has 0 spiro atoms. The fourth-order valence-corrected chi connectivity index (χ4v) is 1.98. The first-order chi connectivity index (χ1) is 7.99. The Morgan fingerprint density at radius 1 is 1.65 bits per heavy atom. The van der Waals surface area contributed by atoms with Gasteiger partial charge >= 0.3 is 0 Å². The topological polar surface area (TPSA) is 61.8 Å². The summed E-state index contributed by atoms with van der Waals surface area (Å²) in [7, 11) is 0. The van der Waals surface area contributed by atoms with Crippen LogP contribution in [0.1, 0.15) is 13.8 Å². The monoisotopic (exact) mass is 262 g/mol. The summed E-state index contributed by atoms with van der Waals surface area (Å²) < 4.78 is 5.58. The van der Waals surface area contributed by atoms with Crippen molar-refractivity contribution in [2.75, 3.05) is 38.6 Å². The predicted molar refractivity (Wildman–Crippen MR) is 69.3 cm³/mol. The largest absolute Gasteiger partial charge is 0.387 e. The van der Waals surface area contributed by atoms with E-state index >= 15 is 0 Å². The molecule has 5 nitrogen and oxygen atoms in total. The average Bonchev–Trinajstić information content (AvgIpc) is 2.36. The lowest BCUT2D eigenvalue weighted by Gasteiger charge is -2.42. The summed E-state index contributed by atoms with van der Waals surface area (Å²) in [6, 6.07) is 0. The van der Waals surface area contributed by atoms with E-state index in [2.05, 4.69) is 36.7 Å². The minimum atomic E-state index is -0.474. The molecule has 1 rings (SSSR count). The Kier molecular flexibility index (Phi) is 5.72. The summed E-state index contributed by atoms with van der Waals surface area (Å²) in [6.45, 7) is 6.59. The second kappa shape index (κ2) is 6.58. The molecule has 1 aliphatic heterocycles. The summed E-state index contributed by atoms with van der Waals surface area (Å²) in [6.07, 6.45) is -0.0154. The number of carbonyl (C=O) groups excluding carboxylic acids is 1. The molecule has 0 aliphatic carbocycles. The first-order valence-electron chi connectivity index (χ1n) is 5.84. The molecule has 0 aromatic heterocycles. The zero-order valence-electron chi connectivity index (χ0n) is 10.5. The van der Waals surface area contributed by atoms with Gasteiger partial charge in [0.05, 0.1) is 12.7 Å². The zero-order valence-corrected chi connectivity index (χ0v) is 11.4. The molecule has 1 unspecified atom stereocenters. The molecular weight excluding hydrogens is 240 g/mol. The Bertz CT molecular complexity index is 261. The number of morpholine rings is 1. The van der Waals surface area contributed by atoms with Crippen LogP contribution in [0.5, 0.6) is 0 Å². The highest BCUT2D eigenvalue weighted by molar-refractivity contribution is 7.80. The molecule has 1 saturated heterocycles. The normalized spacial score (nSPS) is 22.5. The third kappa shape index (κ3) is 4.46. The molecule has 0 aromatic rings. The van der Waals surface area contributed by atoms with Gasteiger partial charge in [0.2, 0.25) is 5.91 Å². The maximum Gasteiger partial charge on any atom is 0.245 e. The van der Waals surface area contributed by atoms with E-state index in [0.717, 1.165) is 18.8 Å². The van der Waals surface area contributed by atoms with Gasteiger partial charge in [-0.15, -0.1) is 0 Å². The molecule has 0 aromatic carbocycles. The van der Waals surface area contributed by atoms with Crippen molar-refractivity contribution in [1.82, 2.24) is 10.2 Å². The van der Waals surface area contributed by atoms with Gasteiger partial charge in [0, 0.05) is 30.9 Å². The Morgan fingerprint density at radius 2 is 2.35 bits per heavy atom. The van der Waals surface area contributed by atoms with Gasteiger partial charge < -0.3 is 15.2 Å². The van der Waals surface area contributed by atoms with Gasteiger partial charge in [0.15, 0.2) is 0 Å². The van der Waals surface area contributed by atoms with Crippen molar-refractivity contribution in [1.29, 1.82) is 0 Å². The predicted octanol–water partition coefficient (Wildman–Crippen LogP) is -0.496. The van der Waals surface area contributed by atoms with Crippen molar-refractivity contribution in [2.45, 2.75) is 25.5 Å². The van der Waals surface area contributed by atoms with Crippen LogP contribution in [0.2, 0.25) is 0 Å². The number of ether oxygens (including phenoxy) is 1. The van der Waals surface area contributed by atoms with Crippen molar-refractivity contribution in [3.05, 3.63) is 0 Å². The van der Waals surface area contributed by atoms with Crippen molar-refractivity contribution in [2.24, 2.45) is 0 Å². The van der Waals surface area contributed by atoms with Crippen LogP contribution in [0.4, 0.5) is 0 Å². The number of aliphatic hydroxyl groups excluding tert-OH is 1. The van der Waals surface area contributed by atoms with Crippen LogP contribution in [0.25, 0.3) is 0 Å². The number of amides is 1. The second-order valence-corrected chi connectivity index (χ2v) is 5.19. The number of hydrogen-bond acceptors (Lipinski definition) is 5. The Morgan fingerprint density at radius 3 is 2.94 bits per heavy atom. The molecule has 1 atom stereocenters. The molecule has 1 fully saturated rings. The number of nitrogens with zero attached hydrogens (tertiary/aromatic N) is 1. The van der Waals surface area contributed by atoms with E-state index in [0.29, 0.717) is 13.2 Å². The van der Waals surface area contributed by atoms with E-state index in [1.54, 1.807) is 0 Å². The molecule has 6 heteroatoms.